The zero-order valence-electron chi connectivity index (χ0n) is 11.3. The van der Waals surface area contributed by atoms with Crippen LogP contribution in [0.15, 0.2) is 10.9 Å². The number of aromatic nitrogens is 5. The molecule has 104 valence electrons. The van der Waals surface area contributed by atoms with Crippen molar-refractivity contribution in [1.82, 2.24) is 24.7 Å². The molecule has 0 bridgehead atoms. The molecule has 0 aliphatic rings. The largest absolute Gasteiger partial charge is 0.479 e. The van der Waals surface area contributed by atoms with Crippen LogP contribution in [0.25, 0.3) is 11.2 Å². The van der Waals surface area contributed by atoms with E-state index in [9.17, 15) is 0 Å². The fourth-order valence-electron chi connectivity index (χ4n) is 2.13. The van der Waals surface area contributed by atoms with E-state index in [0.29, 0.717) is 28.4 Å². The van der Waals surface area contributed by atoms with E-state index in [0.717, 1.165) is 17.0 Å². The maximum atomic E-state index is 5.35. The summed E-state index contributed by atoms with van der Waals surface area (Å²) in [6.07, 6.45) is 1.45. The third-order valence-corrected chi connectivity index (χ3v) is 3.54. The molecule has 0 aliphatic heterocycles. The number of aromatic amines is 1. The highest BCUT2D eigenvalue weighted by Gasteiger charge is 2.15. The van der Waals surface area contributed by atoms with Crippen LogP contribution in [0.1, 0.15) is 17.0 Å². The van der Waals surface area contributed by atoms with Crippen molar-refractivity contribution in [2.75, 3.05) is 7.11 Å². The van der Waals surface area contributed by atoms with Crippen LogP contribution in [0.4, 0.5) is 0 Å². The number of hydrogen-bond acceptors (Lipinski definition) is 6. The highest BCUT2D eigenvalue weighted by molar-refractivity contribution is 7.71. The molecule has 0 fully saturated rings. The molecule has 0 spiro atoms. The number of fused-ring (bicyclic) bond motifs is 1. The number of imidazole rings is 1. The first kappa shape index (κ1) is 12.8. The topological polar surface area (TPSA) is 81.8 Å². The van der Waals surface area contributed by atoms with Crippen LogP contribution >= 0.6 is 12.2 Å². The van der Waals surface area contributed by atoms with Gasteiger partial charge in [-0.1, -0.05) is 5.16 Å². The van der Waals surface area contributed by atoms with Gasteiger partial charge in [-0.3, -0.25) is 4.57 Å². The summed E-state index contributed by atoms with van der Waals surface area (Å²) in [5.74, 6) is 1.25. The van der Waals surface area contributed by atoms with E-state index in [4.69, 9.17) is 21.5 Å². The number of H-pyrrole nitrogens is 1. The summed E-state index contributed by atoms with van der Waals surface area (Å²) in [5.41, 5.74) is 3.23. The number of hydrogen-bond donors (Lipinski definition) is 1. The Labute approximate surface area is 119 Å². The van der Waals surface area contributed by atoms with Crippen molar-refractivity contribution in [3.63, 3.8) is 0 Å². The lowest BCUT2D eigenvalue weighted by Gasteiger charge is -2.04. The average Bonchev–Trinajstić information content (AvgIpc) is 2.93. The van der Waals surface area contributed by atoms with Gasteiger partial charge >= 0.3 is 0 Å². The molecule has 0 saturated heterocycles. The standard InChI is InChI=1S/C12H13N5O2S/c1-6-8(7(2)19-16-6)4-17-10-9(15-12(17)20)11(18-3)14-5-13-10/h5H,4H2,1-3H3,(H,15,20). The number of nitrogens with zero attached hydrogens (tertiary/aromatic N) is 4. The predicted octanol–water partition coefficient (Wildman–Crippen LogP) is 2.15. The maximum Gasteiger partial charge on any atom is 0.242 e. The summed E-state index contributed by atoms with van der Waals surface area (Å²) < 4.78 is 12.8. The van der Waals surface area contributed by atoms with Crippen molar-refractivity contribution in [3.8, 4) is 5.88 Å². The van der Waals surface area contributed by atoms with Gasteiger partial charge in [0.05, 0.1) is 19.3 Å². The minimum absolute atomic E-state index is 0.471. The normalized spacial score (nSPS) is 11.2. The smallest absolute Gasteiger partial charge is 0.242 e. The first-order valence-corrected chi connectivity index (χ1v) is 6.42. The molecule has 0 atom stereocenters. The average molecular weight is 291 g/mol. The van der Waals surface area contributed by atoms with Crippen LogP contribution in [0.3, 0.4) is 0 Å². The van der Waals surface area contributed by atoms with Gasteiger partial charge in [0.25, 0.3) is 0 Å². The van der Waals surface area contributed by atoms with Crippen LogP contribution in [-0.4, -0.2) is 31.8 Å². The molecule has 7 nitrogen and oxygen atoms in total. The lowest BCUT2D eigenvalue weighted by atomic mass is 10.2. The molecule has 3 rings (SSSR count). The van der Waals surface area contributed by atoms with Crippen molar-refractivity contribution >= 4 is 23.4 Å². The fourth-order valence-corrected chi connectivity index (χ4v) is 2.39. The van der Waals surface area contributed by atoms with Gasteiger partial charge in [0, 0.05) is 5.56 Å². The van der Waals surface area contributed by atoms with Crippen LogP contribution in [0.2, 0.25) is 0 Å². The molecule has 3 aromatic heterocycles. The molecule has 3 heterocycles. The van der Waals surface area contributed by atoms with E-state index < -0.39 is 0 Å². The Morgan fingerprint density at radius 3 is 2.85 bits per heavy atom. The molecule has 20 heavy (non-hydrogen) atoms. The monoisotopic (exact) mass is 291 g/mol. The van der Waals surface area contributed by atoms with Crippen molar-refractivity contribution in [2.24, 2.45) is 0 Å². The van der Waals surface area contributed by atoms with Crippen LogP contribution < -0.4 is 4.74 Å². The van der Waals surface area contributed by atoms with E-state index in [1.165, 1.54) is 6.33 Å². The minimum atomic E-state index is 0.471. The second kappa shape index (κ2) is 4.71. The van der Waals surface area contributed by atoms with E-state index in [1.54, 1.807) is 7.11 Å². The number of nitrogens with one attached hydrogen (secondary N) is 1. The third kappa shape index (κ3) is 1.88. The number of rotatable bonds is 3. The Morgan fingerprint density at radius 2 is 2.20 bits per heavy atom. The second-order valence-corrected chi connectivity index (χ2v) is 4.79. The molecule has 0 aromatic carbocycles. The molecule has 0 unspecified atom stereocenters. The van der Waals surface area contributed by atoms with Gasteiger partial charge in [0.2, 0.25) is 5.88 Å². The van der Waals surface area contributed by atoms with Crippen molar-refractivity contribution in [1.29, 1.82) is 0 Å². The molecule has 8 heteroatoms. The SMILES string of the molecule is COc1ncnc2c1[nH]c(=S)n2Cc1c(C)noc1C. The van der Waals surface area contributed by atoms with E-state index in [-0.39, 0.29) is 0 Å². The van der Waals surface area contributed by atoms with E-state index >= 15 is 0 Å². The van der Waals surface area contributed by atoms with Crippen LogP contribution in [0, 0.1) is 18.6 Å². The summed E-state index contributed by atoms with van der Waals surface area (Å²) >= 11 is 5.35. The quantitative estimate of drug-likeness (QED) is 0.745. The number of aryl methyl sites for hydroxylation is 2. The third-order valence-electron chi connectivity index (χ3n) is 3.22. The molecule has 0 aliphatic carbocycles. The Kier molecular flexibility index (Phi) is 3.01. The van der Waals surface area contributed by atoms with Crippen molar-refractivity contribution in [3.05, 3.63) is 28.1 Å². The van der Waals surface area contributed by atoms with Gasteiger partial charge in [-0.15, -0.1) is 0 Å². The lowest BCUT2D eigenvalue weighted by Crippen LogP contribution is -2.03. The summed E-state index contributed by atoms with van der Waals surface area (Å²) in [6, 6.07) is 0. The van der Waals surface area contributed by atoms with Gasteiger partial charge in [0.15, 0.2) is 10.4 Å². The molecular formula is C12H13N5O2S. The predicted molar refractivity (Wildman–Crippen MR) is 74.3 cm³/mol. The first-order chi connectivity index (χ1) is 9.61. The summed E-state index contributed by atoms with van der Waals surface area (Å²) in [5, 5.41) is 3.95. The lowest BCUT2D eigenvalue weighted by molar-refractivity contribution is 0.392. The number of methoxy groups -OCH3 is 1. The van der Waals surface area contributed by atoms with E-state index in [1.807, 2.05) is 18.4 Å². The zero-order valence-corrected chi connectivity index (χ0v) is 12.1. The van der Waals surface area contributed by atoms with Gasteiger partial charge < -0.3 is 14.2 Å². The molecule has 0 radical (unpaired) electrons. The molecule has 3 aromatic rings. The summed E-state index contributed by atoms with van der Waals surface area (Å²) in [6.45, 7) is 4.32. The van der Waals surface area contributed by atoms with Crippen molar-refractivity contribution < 1.29 is 9.26 Å². The highest BCUT2D eigenvalue weighted by Crippen LogP contribution is 2.22. The molecule has 0 saturated carbocycles. The maximum absolute atomic E-state index is 5.35. The van der Waals surface area contributed by atoms with E-state index in [2.05, 4.69) is 20.1 Å². The van der Waals surface area contributed by atoms with Gasteiger partial charge in [-0.05, 0) is 26.1 Å². The second-order valence-electron chi connectivity index (χ2n) is 4.40. The summed E-state index contributed by atoms with van der Waals surface area (Å²) in [7, 11) is 1.56. The molecule has 0 amide bonds. The highest BCUT2D eigenvalue weighted by atomic mass is 32.1. The van der Waals surface area contributed by atoms with Crippen molar-refractivity contribution in [2.45, 2.75) is 20.4 Å². The Balaban J connectivity index is 2.17. The number of ether oxygens (including phenoxy) is 1. The van der Waals surface area contributed by atoms with Gasteiger partial charge in [-0.25, -0.2) is 4.98 Å². The Bertz CT molecular complexity index is 813. The Hall–Kier alpha value is -2.22. The van der Waals surface area contributed by atoms with Crippen LogP contribution in [-0.2, 0) is 6.54 Å². The zero-order chi connectivity index (χ0) is 14.3. The van der Waals surface area contributed by atoms with Gasteiger partial charge in [0.1, 0.15) is 17.6 Å². The Morgan fingerprint density at radius 1 is 1.40 bits per heavy atom. The molecular weight excluding hydrogens is 278 g/mol. The fraction of sp³-hybridized carbons (Fsp3) is 0.333. The molecule has 1 N–H and O–H groups in total. The van der Waals surface area contributed by atoms with Gasteiger partial charge in [-0.2, -0.15) is 4.98 Å². The first-order valence-electron chi connectivity index (χ1n) is 6.01. The summed E-state index contributed by atoms with van der Waals surface area (Å²) in [4.78, 5) is 11.4. The van der Waals surface area contributed by atoms with Crippen LogP contribution in [0.5, 0.6) is 5.88 Å². The minimum Gasteiger partial charge on any atom is -0.479 e.